The number of amides is 1. The number of rotatable bonds is 9. The molecular formula is C20H24ClN5O3. The molecule has 0 radical (unpaired) electrons. The second-order valence-electron chi connectivity index (χ2n) is 6.40. The molecule has 0 fully saturated rings. The first-order valence-electron chi connectivity index (χ1n) is 9.38. The molecule has 0 saturated carbocycles. The third kappa shape index (κ3) is 4.60. The fourth-order valence-electron chi connectivity index (χ4n) is 3.01. The highest BCUT2D eigenvalue weighted by Crippen LogP contribution is 2.28. The van der Waals surface area contributed by atoms with Gasteiger partial charge in [0.15, 0.2) is 5.65 Å². The third-order valence-corrected chi connectivity index (χ3v) is 4.81. The van der Waals surface area contributed by atoms with Gasteiger partial charge in [-0.05, 0) is 31.0 Å². The Bertz CT molecular complexity index is 1010. The van der Waals surface area contributed by atoms with Gasteiger partial charge in [-0.15, -0.1) is 0 Å². The van der Waals surface area contributed by atoms with Crippen LogP contribution < -0.4 is 15.4 Å². The van der Waals surface area contributed by atoms with Crippen LogP contribution in [-0.2, 0) is 13.1 Å². The van der Waals surface area contributed by atoms with Crippen LogP contribution in [0.4, 0.5) is 5.69 Å². The summed E-state index contributed by atoms with van der Waals surface area (Å²) in [4.78, 5) is 17.1. The van der Waals surface area contributed by atoms with E-state index in [0.717, 1.165) is 10.9 Å². The molecule has 0 aliphatic heterocycles. The number of hydrogen-bond donors (Lipinski definition) is 3. The topological polar surface area (TPSA) is 101 Å². The molecule has 3 rings (SSSR count). The molecule has 1 amide bonds. The number of aromatic nitrogens is 3. The van der Waals surface area contributed by atoms with Crippen molar-refractivity contribution in [2.45, 2.75) is 26.4 Å². The van der Waals surface area contributed by atoms with E-state index in [4.69, 9.17) is 21.4 Å². The number of fused-ring (bicyclic) bond motifs is 1. The normalized spacial score (nSPS) is 10.9. The van der Waals surface area contributed by atoms with Crippen LogP contribution in [0.25, 0.3) is 11.0 Å². The fourth-order valence-corrected chi connectivity index (χ4v) is 3.29. The van der Waals surface area contributed by atoms with E-state index >= 15 is 0 Å². The van der Waals surface area contributed by atoms with Crippen molar-refractivity contribution < 1.29 is 14.6 Å². The highest BCUT2D eigenvalue weighted by Gasteiger charge is 2.18. The first kappa shape index (κ1) is 20.9. The highest BCUT2D eigenvalue weighted by atomic mass is 35.5. The van der Waals surface area contributed by atoms with E-state index in [0.29, 0.717) is 53.7 Å². The van der Waals surface area contributed by atoms with Crippen LogP contribution in [-0.4, -0.2) is 46.0 Å². The predicted octanol–water partition coefficient (Wildman–Crippen LogP) is 2.84. The molecule has 9 heteroatoms. The number of ether oxygens (including phenoxy) is 1. The summed E-state index contributed by atoms with van der Waals surface area (Å²) in [6, 6.07) is 5.54. The lowest BCUT2D eigenvalue weighted by atomic mass is 10.1. The lowest BCUT2D eigenvalue weighted by molar-refractivity contribution is 0.0951. The molecular weight excluding hydrogens is 394 g/mol. The Balaban J connectivity index is 1.92. The van der Waals surface area contributed by atoms with E-state index in [1.165, 1.54) is 0 Å². The molecule has 0 atom stereocenters. The zero-order valence-corrected chi connectivity index (χ0v) is 17.2. The predicted molar refractivity (Wildman–Crippen MR) is 113 cm³/mol. The third-order valence-electron chi connectivity index (χ3n) is 4.52. The Labute approximate surface area is 173 Å². The molecule has 0 saturated heterocycles. The summed E-state index contributed by atoms with van der Waals surface area (Å²) in [5, 5.41) is 20.7. The zero-order chi connectivity index (χ0) is 20.8. The number of methoxy groups -OCH3 is 1. The van der Waals surface area contributed by atoms with Crippen molar-refractivity contribution in [1.82, 2.24) is 20.1 Å². The number of carbonyl (C=O) groups is 1. The number of aryl methyl sites for hydroxylation is 1. The largest absolute Gasteiger partial charge is 0.495 e. The number of aliphatic hydroxyl groups is 1. The van der Waals surface area contributed by atoms with Crippen LogP contribution in [0.2, 0.25) is 5.02 Å². The van der Waals surface area contributed by atoms with Gasteiger partial charge in [0, 0.05) is 32.4 Å². The summed E-state index contributed by atoms with van der Waals surface area (Å²) < 4.78 is 6.97. The standard InChI is InChI=1S/C20H24ClN5O3/c1-3-26-19-14(12-25-26)18(15(11-24-19)20(28)22-7-4-8-27)23-10-13-5-6-17(29-2)16(21)9-13/h5-6,9,11-12,27H,3-4,7-8,10H2,1-2H3,(H,22,28)(H,23,24). The van der Waals surface area contributed by atoms with Gasteiger partial charge in [-0.3, -0.25) is 4.79 Å². The van der Waals surface area contributed by atoms with Gasteiger partial charge in [-0.1, -0.05) is 17.7 Å². The van der Waals surface area contributed by atoms with Crippen LogP contribution in [0.3, 0.4) is 0 Å². The Morgan fingerprint density at radius 2 is 2.17 bits per heavy atom. The molecule has 154 valence electrons. The van der Waals surface area contributed by atoms with Crippen molar-refractivity contribution in [3.8, 4) is 5.75 Å². The van der Waals surface area contributed by atoms with E-state index in [1.807, 2.05) is 19.1 Å². The number of halogens is 1. The lowest BCUT2D eigenvalue weighted by Crippen LogP contribution is -2.26. The summed E-state index contributed by atoms with van der Waals surface area (Å²) in [5.41, 5.74) is 2.72. The quantitative estimate of drug-likeness (QED) is 0.463. The van der Waals surface area contributed by atoms with Crippen molar-refractivity contribution >= 4 is 34.2 Å². The summed E-state index contributed by atoms with van der Waals surface area (Å²) in [6.45, 7) is 3.51. The minimum atomic E-state index is -0.257. The van der Waals surface area contributed by atoms with Crippen molar-refractivity contribution in [2.24, 2.45) is 0 Å². The average molecular weight is 418 g/mol. The molecule has 0 spiro atoms. The van der Waals surface area contributed by atoms with E-state index in [9.17, 15) is 4.79 Å². The van der Waals surface area contributed by atoms with E-state index in [1.54, 1.807) is 30.3 Å². The van der Waals surface area contributed by atoms with Gasteiger partial charge in [0.25, 0.3) is 5.91 Å². The van der Waals surface area contributed by atoms with Crippen molar-refractivity contribution in [3.05, 3.63) is 46.7 Å². The molecule has 1 aromatic carbocycles. The SMILES string of the molecule is CCn1ncc2c(NCc3ccc(OC)c(Cl)c3)c(C(=O)NCCCO)cnc21. The molecule has 0 aliphatic carbocycles. The maximum atomic E-state index is 12.7. The van der Waals surface area contributed by atoms with E-state index < -0.39 is 0 Å². The Kier molecular flexibility index (Phi) is 6.90. The molecule has 0 unspecified atom stereocenters. The minimum Gasteiger partial charge on any atom is -0.495 e. The van der Waals surface area contributed by atoms with E-state index in [2.05, 4.69) is 20.7 Å². The van der Waals surface area contributed by atoms with E-state index in [-0.39, 0.29) is 12.5 Å². The maximum absolute atomic E-state index is 12.7. The number of nitrogens with one attached hydrogen (secondary N) is 2. The second kappa shape index (κ2) is 9.58. The number of hydrogen-bond acceptors (Lipinski definition) is 6. The van der Waals surface area contributed by atoms with Gasteiger partial charge in [-0.2, -0.15) is 5.10 Å². The number of pyridine rings is 1. The summed E-state index contributed by atoms with van der Waals surface area (Å²) in [6.07, 6.45) is 3.75. The van der Waals surface area contributed by atoms with Crippen molar-refractivity contribution in [2.75, 3.05) is 25.6 Å². The van der Waals surface area contributed by atoms with Crippen molar-refractivity contribution in [3.63, 3.8) is 0 Å². The lowest BCUT2D eigenvalue weighted by Gasteiger charge is -2.14. The van der Waals surface area contributed by atoms with Crippen LogP contribution >= 0.6 is 11.6 Å². The summed E-state index contributed by atoms with van der Waals surface area (Å²) in [5.74, 6) is 0.349. The molecule has 2 heterocycles. The number of anilines is 1. The zero-order valence-electron chi connectivity index (χ0n) is 16.4. The first-order chi connectivity index (χ1) is 14.1. The highest BCUT2D eigenvalue weighted by molar-refractivity contribution is 6.32. The second-order valence-corrected chi connectivity index (χ2v) is 6.81. The molecule has 29 heavy (non-hydrogen) atoms. The molecule has 2 aromatic heterocycles. The number of carbonyl (C=O) groups excluding carboxylic acids is 1. The maximum Gasteiger partial charge on any atom is 0.254 e. The number of aliphatic hydroxyl groups excluding tert-OH is 1. The minimum absolute atomic E-state index is 0.0180. The van der Waals surface area contributed by atoms with Crippen LogP contribution in [0.15, 0.2) is 30.6 Å². The molecule has 3 N–H and O–H groups in total. The fraction of sp³-hybridized carbons (Fsp3) is 0.350. The Morgan fingerprint density at radius 1 is 1.34 bits per heavy atom. The summed E-state index contributed by atoms with van der Waals surface area (Å²) in [7, 11) is 1.57. The average Bonchev–Trinajstić information content (AvgIpc) is 3.15. The number of nitrogens with zero attached hydrogens (tertiary/aromatic N) is 3. The van der Waals surface area contributed by atoms with Crippen molar-refractivity contribution in [1.29, 1.82) is 0 Å². The molecule has 0 bridgehead atoms. The smallest absolute Gasteiger partial charge is 0.254 e. The monoisotopic (exact) mass is 417 g/mol. The van der Waals surface area contributed by atoms with Gasteiger partial charge in [0.05, 0.1) is 35.0 Å². The van der Waals surface area contributed by atoms with Gasteiger partial charge in [0.2, 0.25) is 0 Å². The Hall–Kier alpha value is -2.84. The van der Waals surface area contributed by atoms with Gasteiger partial charge >= 0.3 is 0 Å². The van der Waals surface area contributed by atoms with Crippen LogP contribution in [0.1, 0.15) is 29.3 Å². The number of benzene rings is 1. The van der Waals surface area contributed by atoms with Gasteiger partial charge < -0.3 is 20.5 Å². The molecule has 0 aliphatic rings. The summed E-state index contributed by atoms with van der Waals surface area (Å²) >= 11 is 6.22. The molecule has 3 aromatic rings. The Morgan fingerprint density at radius 3 is 2.86 bits per heavy atom. The van der Waals surface area contributed by atoms with Crippen LogP contribution in [0, 0.1) is 0 Å². The molecule has 8 nitrogen and oxygen atoms in total. The van der Waals surface area contributed by atoms with Crippen LogP contribution in [0.5, 0.6) is 5.75 Å². The van der Waals surface area contributed by atoms with Gasteiger partial charge in [-0.25, -0.2) is 9.67 Å². The first-order valence-corrected chi connectivity index (χ1v) is 9.76. The van der Waals surface area contributed by atoms with Gasteiger partial charge in [0.1, 0.15) is 5.75 Å².